The van der Waals surface area contributed by atoms with Gasteiger partial charge in [0, 0.05) is 12.2 Å². The van der Waals surface area contributed by atoms with Gasteiger partial charge in [-0.3, -0.25) is 9.52 Å². The van der Waals surface area contributed by atoms with Crippen LogP contribution in [0.4, 0.5) is 11.4 Å². The summed E-state index contributed by atoms with van der Waals surface area (Å²) >= 11 is 0. The summed E-state index contributed by atoms with van der Waals surface area (Å²) in [4.78, 5) is 12.4. The maximum absolute atomic E-state index is 12.4. The molecule has 0 radical (unpaired) electrons. The lowest BCUT2D eigenvalue weighted by molar-refractivity contribution is -0.124. The minimum absolute atomic E-state index is 0. The second kappa shape index (κ2) is 7.30. The first kappa shape index (κ1) is 18.7. The molecule has 6 nitrogen and oxygen atoms in total. The van der Waals surface area contributed by atoms with Crippen LogP contribution in [0.2, 0.25) is 0 Å². The molecule has 1 aromatic rings. The van der Waals surface area contributed by atoms with Gasteiger partial charge in [-0.25, -0.2) is 8.42 Å². The van der Waals surface area contributed by atoms with Crippen molar-refractivity contribution in [3.8, 4) is 0 Å². The summed E-state index contributed by atoms with van der Waals surface area (Å²) in [6.45, 7) is 0.333. The van der Waals surface area contributed by atoms with E-state index < -0.39 is 15.4 Å². The van der Waals surface area contributed by atoms with Crippen LogP contribution in [0.3, 0.4) is 0 Å². The summed E-state index contributed by atoms with van der Waals surface area (Å²) in [6, 6.07) is 6.64. The van der Waals surface area contributed by atoms with Gasteiger partial charge in [-0.15, -0.1) is 12.4 Å². The number of anilines is 2. The Kier molecular flexibility index (Phi) is 6.22. The number of nitrogens with one attached hydrogen (secondary N) is 2. The van der Waals surface area contributed by atoms with Crippen molar-refractivity contribution in [1.82, 2.24) is 0 Å². The van der Waals surface area contributed by atoms with Gasteiger partial charge in [0.15, 0.2) is 0 Å². The highest BCUT2D eigenvalue weighted by Gasteiger charge is 2.39. The van der Waals surface area contributed by atoms with Gasteiger partial charge in [0.05, 0.1) is 17.4 Å². The molecule has 0 unspecified atom stereocenters. The molecule has 0 atom stereocenters. The van der Waals surface area contributed by atoms with Crippen molar-refractivity contribution >= 4 is 39.7 Å². The molecule has 1 amide bonds. The molecule has 0 saturated heterocycles. The quantitative estimate of drug-likeness (QED) is 0.757. The molecule has 8 heteroatoms. The van der Waals surface area contributed by atoms with Crippen LogP contribution in [0.25, 0.3) is 0 Å². The average molecular weight is 348 g/mol. The second-order valence-electron chi connectivity index (χ2n) is 5.60. The fourth-order valence-corrected chi connectivity index (χ4v) is 3.27. The van der Waals surface area contributed by atoms with Gasteiger partial charge in [-0.1, -0.05) is 18.9 Å². The van der Waals surface area contributed by atoms with E-state index in [1.165, 1.54) is 0 Å². The molecule has 0 aromatic heterocycles. The summed E-state index contributed by atoms with van der Waals surface area (Å²) in [5.74, 6) is -0.0843. The van der Waals surface area contributed by atoms with Gasteiger partial charge < -0.3 is 11.1 Å². The average Bonchev–Trinajstić information content (AvgIpc) is 2.87. The van der Waals surface area contributed by atoms with E-state index in [1.54, 1.807) is 24.3 Å². The predicted octanol–water partition coefficient (Wildman–Crippen LogP) is 1.94. The fraction of sp³-hybridized carbons (Fsp3) is 0.500. The molecular weight excluding hydrogens is 326 g/mol. The highest BCUT2D eigenvalue weighted by Crippen LogP contribution is 2.38. The largest absolute Gasteiger partial charge is 0.329 e. The molecule has 1 aliphatic carbocycles. The number of carbonyl (C=O) groups excluding carboxylic acids is 1. The Labute approximate surface area is 137 Å². The first-order valence-electron chi connectivity index (χ1n) is 6.94. The molecule has 2 rings (SSSR count). The molecule has 1 fully saturated rings. The molecule has 1 aromatic carbocycles. The van der Waals surface area contributed by atoms with Crippen molar-refractivity contribution in [3.05, 3.63) is 24.3 Å². The summed E-state index contributed by atoms with van der Waals surface area (Å²) in [5.41, 5.74) is 6.28. The minimum Gasteiger partial charge on any atom is -0.329 e. The van der Waals surface area contributed by atoms with Crippen LogP contribution in [0.5, 0.6) is 0 Å². The topological polar surface area (TPSA) is 101 Å². The van der Waals surface area contributed by atoms with Crippen molar-refractivity contribution in [2.75, 3.05) is 22.8 Å². The van der Waals surface area contributed by atoms with E-state index in [0.29, 0.717) is 17.9 Å². The number of rotatable bonds is 5. The van der Waals surface area contributed by atoms with Crippen LogP contribution in [-0.2, 0) is 14.8 Å². The number of hydrogen-bond donors (Lipinski definition) is 3. The van der Waals surface area contributed by atoms with E-state index in [4.69, 9.17) is 5.73 Å². The van der Waals surface area contributed by atoms with E-state index in [2.05, 4.69) is 10.0 Å². The third kappa shape index (κ3) is 4.59. The lowest BCUT2D eigenvalue weighted by atomic mass is 9.85. The zero-order chi connectivity index (χ0) is 15.5. The number of sulfonamides is 1. The Bertz CT molecular complexity index is 628. The fourth-order valence-electron chi connectivity index (χ4n) is 2.71. The van der Waals surface area contributed by atoms with E-state index in [0.717, 1.165) is 31.9 Å². The van der Waals surface area contributed by atoms with Crippen molar-refractivity contribution in [3.63, 3.8) is 0 Å². The molecule has 0 bridgehead atoms. The Morgan fingerprint density at radius 1 is 1.27 bits per heavy atom. The Hall–Kier alpha value is -1.31. The molecule has 22 heavy (non-hydrogen) atoms. The predicted molar refractivity (Wildman–Crippen MR) is 90.7 cm³/mol. The Morgan fingerprint density at radius 3 is 2.41 bits per heavy atom. The normalized spacial score (nSPS) is 16.6. The third-order valence-electron chi connectivity index (χ3n) is 3.86. The summed E-state index contributed by atoms with van der Waals surface area (Å²) in [7, 11) is -3.34. The second-order valence-corrected chi connectivity index (χ2v) is 7.35. The van der Waals surface area contributed by atoms with Gasteiger partial charge in [-0.2, -0.15) is 0 Å². The first-order valence-corrected chi connectivity index (χ1v) is 8.83. The summed E-state index contributed by atoms with van der Waals surface area (Å²) in [6.07, 6.45) is 4.72. The highest BCUT2D eigenvalue weighted by molar-refractivity contribution is 7.92. The Morgan fingerprint density at radius 2 is 1.86 bits per heavy atom. The smallest absolute Gasteiger partial charge is 0.231 e. The Balaban J connectivity index is 0.00000242. The summed E-state index contributed by atoms with van der Waals surface area (Å²) < 4.78 is 24.8. The number of hydrogen-bond acceptors (Lipinski definition) is 4. The van der Waals surface area contributed by atoms with Crippen molar-refractivity contribution < 1.29 is 13.2 Å². The summed E-state index contributed by atoms with van der Waals surface area (Å²) in [5, 5.41) is 2.85. The molecule has 4 N–H and O–H groups in total. The molecule has 1 aliphatic rings. The third-order valence-corrected chi connectivity index (χ3v) is 4.46. The molecular formula is C14H22ClN3O3S. The van der Waals surface area contributed by atoms with E-state index in [9.17, 15) is 13.2 Å². The van der Waals surface area contributed by atoms with Crippen LogP contribution in [0.15, 0.2) is 24.3 Å². The first-order chi connectivity index (χ1) is 9.85. The van der Waals surface area contributed by atoms with Gasteiger partial charge in [0.25, 0.3) is 0 Å². The molecule has 0 aliphatic heterocycles. The van der Waals surface area contributed by atoms with Crippen molar-refractivity contribution in [2.45, 2.75) is 25.7 Å². The van der Waals surface area contributed by atoms with Crippen LogP contribution in [0, 0.1) is 5.41 Å². The number of amides is 1. The highest BCUT2D eigenvalue weighted by atomic mass is 35.5. The van der Waals surface area contributed by atoms with Crippen molar-refractivity contribution in [1.29, 1.82) is 0 Å². The number of benzene rings is 1. The maximum Gasteiger partial charge on any atom is 0.231 e. The van der Waals surface area contributed by atoms with E-state index >= 15 is 0 Å². The number of halogens is 1. The van der Waals surface area contributed by atoms with Crippen LogP contribution in [0.1, 0.15) is 25.7 Å². The van der Waals surface area contributed by atoms with Crippen LogP contribution >= 0.6 is 12.4 Å². The van der Waals surface area contributed by atoms with Crippen LogP contribution < -0.4 is 15.8 Å². The van der Waals surface area contributed by atoms with Gasteiger partial charge in [0.1, 0.15) is 0 Å². The van der Waals surface area contributed by atoms with E-state index in [1.807, 2.05) is 0 Å². The zero-order valence-corrected chi connectivity index (χ0v) is 14.1. The SMILES string of the molecule is CS(=O)(=O)Nc1cccc(NC(=O)C2(CN)CCCC2)c1.Cl. The maximum atomic E-state index is 12.4. The van der Waals surface area contributed by atoms with Crippen LogP contribution in [-0.4, -0.2) is 27.1 Å². The molecule has 124 valence electrons. The monoisotopic (exact) mass is 347 g/mol. The zero-order valence-electron chi connectivity index (χ0n) is 12.5. The lowest BCUT2D eigenvalue weighted by Crippen LogP contribution is -2.40. The minimum atomic E-state index is -3.34. The molecule has 0 heterocycles. The van der Waals surface area contributed by atoms with Crippen molar-refractivity contribution in [2.24, 2.45) is 11.1 Å². The van der Waals surface area contributed by atoms with Gasteiger partial charge in [0.2, 0.25) is 15.9 Å². The van der Waals surface area contributed by atoms with Gasteiger partial charge in [-0.05, 0) is 31.0 Å². The number of carbonyl (C=O) groups is 1. The molecule has 1 saturated carbocycles. The lowest BCUT2D eigenvalue weighted by Gasteiger charge is -2.25. The molecule has 0 spiro atoms. The van der Waals surface area contributed by atoms with E-state index in [-0.39, 0.29) is 18.3 Å². The number of nitrogens with two attached hydrogens (primary N) is 1. The standard InChI is InChI=1S/C14H21N3O3S.ClH/c1-21(19,20)17-12-6-4-5-11(9-12)16-13(18)14(10-15)7-2-3-8-14;/h4-6,9,17H,2-3,7-8,10,15H2,1H3,(H,16,18);1H. The van der Waals surface area contributed by atoms with Gasteiger partial charge >= 0.3 is 0 Å².